The van der Waals surface area contributed by atoms with Crippen molar-refractivity contribution in [3.05, 3.63) is 52.9 Å². The van der Waals surface area contributed by atoms with Crippen molar-refractivity contribution < 1.29 is 19.0 Å². The number of amidine groups is 1. The molecule has 7 heteroatoms. The third kappa shape index (κ3) is 2.83. The zero-order chi connectivity index (χ0) is 17.4. The largest absolute Gasteiger partial charge is 0.497 e. The van der Waals surface area contributed by atoms with E-state index in [1.165, 1.54) is 4.90 Å². The Bertz CT molecular complexity index is 892. The van der Waals surface area contributed by atoms with Crippen LogP contribution in [0.15, 0.2) is 47.4 Å². The number of rotatable bonds is 3. The van der Waals surface area contributed by atoms with Crippen LogP contribution < -0.4 is 19.1 Å². The Morgan fingerprint density at radius 3 is 2.68 bits per heavy atom. The van der Waals surface area contributed by atoms with Gasteiger partial charge in [-0.15, -0.1) is 0 Å². The second kappa shape index (κ2) is 6.18. The van der Waals surface area contributed by atoms with E-state index in [2.05, 4.69) is 0 Å². The molecule has 2 heterocycles. The molecule has 2 aliphatic rings. The molecule has 1 fully saturated rings. The molecular weight excluding hydrogens is 340 g/mol. The average molecular weight is 354 g/mol. The zero-order valence-electron chi connectivity index (χ0n) is 13.3. The van der Waals surface area contributed by atoms with Crippen molar-refractivity contribution in [3.63, 3.8) is 0 Å². The third-order valence-electron chi connectivity index (χ3n) is 3.85. The summed E-state index contributed by atoms with van der Waals surface area (Å²) in [5, 5.41) is 8.32. The Labute approximate surface area is 148 Å². The highest BCUT2D eigenvalue weighted by Gasteiger charge is 2.34. The molecule has 0 spiro atoms. The fourth-order valence-corrected chi connectivity index (χ4v) is 3.46. The van der Waals surface area contributed by atoms with E-state index in [1.807, 2.05) is 24.3 Å². The lowest BCUT2D eigenvalue weighted by Gasteiger charge is -2.14. The number of fused-ring (bicyclic) bond motifs is 1. The van der Waals surface area contributed by atoms with Crippen molar-refractivity contribution in [2.24, 2.45) is 0 Å². The first-order chi connectivity index (χ1) is 12.2. The molecule has 126 valence electrons. The number of nitrogens with one attached hydrogen (secondary N) is 1. The van der Waals surface area contributed by atoms with Crippen LogP contribution in [0.2, 0.25) is 0 Å². The molecule has 1 amide bonds. The van der Waals surface area contributed by atoms with Crippen LogP contribution in [0, 0.1) is 5.41 Å². The minimum Gasteiger partial charge on any atom is -0.497 e. The summed E-state index contributed by atoms with van der Waals surface area (Å²) in [5.74, 6) is 1.74. The van der Waals surface area contributed by atoms with Crippen molar-refractivity contribution in [1.82, 2.24) is 0 Å². The van der Waals surface area contributed by atoms with E-state index in [-0.39, 0.29) is 17.9 Å². The van der Waals surface area contributed by atoms with Crippen molar-refractivity contribution in [3.8, 4) is 17.2 Å². The fourth-order valence-electron chi connectivity index (χ4n) is 2.60. The molecule has 4 rings (SSSR count). The molecule has 6 nitrogen and oxygen atoms in total. The van der Waals surface area contributed by atoms with E-state index >= 15 is 0 Å². The van der Waals surface area contributed by atoms with Gasteiger partial charge < -0.3 is 14.2 Å². The summed E-state index contributed by atoms with van der Waals surface area (Å²) in [4.78, 5) is 14.6. The number of thioether (sulfide) groups is 1. The number of carbonyl (C=O) groups is 1. The first-order valence-electron chi connectivity index (χ1n) is 7.52. The van der Waals surface area contributed by atoms with Gasteiger partial charge in [-0.1, -0.05) is 12.1 Å². The molecule has 2 aromatic carbocycles. The maximum absolute atomic E-state index is 12.7. The Balaban J connectivity index is 1.62. The van der Waals surface area contributed by atoms with Gasteiger partial charge in [-0.25, -0.2) is 0 Å². The predicted octanol–water partition coefficient (Wildman–Crippen LogP) is 3.48. The summed E-state index contributed by atoms with van der Waals surface area (Å²) < 4.78 is 15.8. The lowest BCUT2D eigenvalue weighted by Crippen LogP contribution is -2.28. The van der Waals surface area contributed by atoms with Crippen LogP contribution in [0.25, 0.3) is 6.08 Å². The molecule has 1 saturated heterocycles. The molecule has 0 radical (unpaired) electrons. The van der Waals surface area contributed by atoms with E-state index in [9.17, 15) is 4.79 Å². The minimum atomic E-state index is -0.232. The standard InChI is InChI=1S/C18H14N2O4S/c1-22-13-5-2-11(3-6-13)8-16-17(21)20(18(19)25-16)12-4-7-14-15(9-12)24-10-23-14/h2-9,19H,10H2,1H3/b16-8-,19-18?. The number of hydrogen-bond acceptors (Lipinski definition) is 6. The summed E-state index contributed by atoms with van der Waals surface area (Å²) >= 11 is 1.13. The molecule has 0 aromatic heterocycles. The van der Waals surface area contributed by atoms with Crippen molar-refractivity contribution in [2.75, 3.05) is 18.8 Å². The highest BCUT2D eigenvalue weighted by atomic mass is 32.2. The van der Waals surface area contributed by atoms with E-state index in [0.717, 1.165) is 23.1 Å². The van der Waals surface area contributed by atoms with Crippen molar-refractivity contribution in [1.29, 1.82) is 5.41 Å². The van der Waals surface area contributed by atoms with Crippen LogP contribution in [0.4, 0.5) is 5.69 Å². The fraction of sp³-hybridized carbons (Fsp3) is 0.111. The van der Waals surface area contributed by atoms with Gasteiger partial charge in [-0.3, -0.25) is 15.1 Å². The Morgan fingerprint density at radius 2 is 1.92 bits per heavy atom. The second-order valence-electron chi connectivity index (χ2n) is 5.37. The smallest absolute Gasteiger partial charge is 0.271 e. The second-order valence-corrected chi connectivity index (χ2v) is 6.40. The van der Waals surface area contributed by atoms with Gasteiger partial charge in [-0.05, 0) is 47.7 Å². The van der Waals surface area contributed by atoms with Crippen molar-refractivity contribution in [2.45, 2.75) is 0 Å². The van der Waals surface area contributed by atoms with Crippen LogP contribution in [-0.4, -0.2) is 25.0 Å². The molecule has 0 aliphatic carbocycles. The highest BCUT2D eigenvalue weighted by Crippen LogP contribution is 2.40. The van der Waals surface area contributed by atoms with Gasteiger partial charge in [0.1, 0.15) is 5.75 Å². The van der Waals surface area contributed by atoms with Gasteiger partial charge >= 0.3 is 0 Å². The van der Waals surface area contributed by atoms with Gasteiger partial charge in [0.2, 0.25) is 6.79 Å². The minimum absolute atomic E-state index is 0.156. The number of methoxy groups -OCH3 is 1. The summed E-state index contributed by atoms with van der Waals surface area (Å²) in [6.07, 6.45) is 1.77. The van der Waals surface area contributed by atoms with Crippen LogP contribution in [-0.2, 0) is 4.79 Å². The van der Waals surface area contributed by atoms with Gasteiger partial charge in [0.05, 0.1) is 17.7 Å². The number of nitrogens with zero attached hydrogens (tertiary/aromatic N) is 1. The Hall–Kier alpha value is -2.93. The van der Waals surface area contributed by atoms with E-state index in [1.54, 1.807) is 31.4 Å². The molecule has 1 N–H and O–H groups in total. The van der Waals surface area contributed by atoms with E-state index in [0.29, 0.717) is 22.1 Å². The van der Waals surface area contributed by atoms with Crippen LogP contribution in [0.3, 0.4) is 0 Å². The summed E-state index contributed by atoms with van der Waals surface area (Å²) in [6.45, 7) is 0.168. The average Bonchev–Trinajstić information content (AvgIpc) is 3.19. The Kier molecular flexibility index (Phi) is 3.85. The van der Waals surface area contributed by atoms with Crippen LogP contribution >= 0.6 is 11.8 Å². The Morgan fingerprint density at radius 1 is 1.16 bits per heavy atom. The van der Waals surface area contributed by atoms with E-state index in [4.69, 9.17) is 19.6 Å². The lowest BCUT2D eigenvalue weighted by molar-refractivity contribution is -0.113. The molecular formula is C18H14N2O4S. The number of benzene rings is 2. The number of carbonyl (C=O) groups excluding carboxylic acids is 1. The van der Waals surface area contributed by atoms with Gasteiger partial charge in [-0.2, -0.15) is 0 Å². The first kappa shape index (κ1) is 15.6. The molecule has 25 heavy (non-hydrogen) atoms. The van der Waals surface area contributed by atoms with E-state index < -0.39 is 0 Å². The summed E-state index contributed by atoms with van der Waals surface area (Å²) in [6, 6.07) is 12.6. The van der Waals surface area contributed by atoms with Crippen LogP contribution in [0.1, 0.15) is 5.56 Å². The predicted molar refractivity (Wildman–Crippen MR) is 96.3 cm³/mol. The molecule has 0 atom stereocenters. The lowest BCUT2D eigenvalue weighted by atomic mass is 10.2. The first-order valence-corrected chi connectivity index (χ1v) is 8.33. The zero-order valence-corrected chi connectivity index (χ0v) is 14.1. The van der Waals surface area contributed by atoms with Crippen LogP contribution in [0.5, 0.6) is 17.2 Å². The molecule has 2 aliphatic heterocycles. The van der Waals surface area contributed by atoms with Gasteiger partial charge in [0.15, 0.2) is 16.7 Å². The number of anilines is 1. The maximum Gasteiger partial charge on any atom is 0.271 e. The molecule has 0 saturated carbocycles. The topological polar surface area (TPSA) is 71.8 Å². The number of amides is 1. The number of hydrogen-bond donors (Lipinski definition) is 1. The number of ether oxygens (including phenoxy) is 3. The SMILES string of the molecule is COc1ccc(/C=C2\SC(=N)N(c3ccc4c(c3)OCO4)C2=O)cc1. The maximum atomic E-state index is 12.7. The quantitative estimate of drug-likeness (QED) is 0.855. The van der Waals surface area contributed by atoms with Gasteiger partial charge in [0.25, 0.3) is 5.91 Å². The highest BCUT2D eigenvalue weighted by molar-refractivity contribution is 8.19. The monoisotopic (exact) mass is 354 g/mol. The van der Waals surface area contributed by atoms with Crippen molar-refractivity contribution >= 4 is 34.6 Å². The molecule has 2 aromatic rings. The van der Waals surface area contributed by atoms with Gasteiger partial charge in [0, 0.05) is 6.07 Å². The normalized spacial score (nSPS) is 17.5. The third-order valence-corrected chi connectivity index (χ3v) is 4.74. The summed E-state index contributed by atoms with van der Waals surface area (Å²) in [5.41, 5.74) is 1.46. The molecule has 0 bridgehead atoms. The molecule has 0 unspecified atom stereocenters. The summed E-state index contributed by atoms with van der Waals surface area (Å²) in [7, 11) is 1.61.